The lowest BCUT2D eigenvalue weighted by molar-refractivity contribution is -0.121. The van der Waals surface area contributed by atoms with Gasteiger partial charge in [-0.15, -0.1) is 10.2 Å². The number of amides is 1. The predicted molar refractivity (Wildman–Crippen MR) is 115 cm³/mol. The van der Waals surface area contributed by atoms with Gasteiger partial charge in [0, 0.05) is 19.2 Å². The van der Waals surface area contributed by atoms with Crippen LogP contribution in [0.5, 0.6) is 5.75 Å². The molecule has 0 radical (unpaired) electrons. The minimum absolute atomic E-state index is 0.00127. The molecule has 0 aliphatic heterocycles. The molecular weight excluding hydrogens is 384 g/mol. The van der Waals surface area contributed by atoms with Crippen molar-refractivity contribution in [1.82, 2.24) is 20.1 Å². The van der Waals surface area contributed by atoms with Crippen molar-refractivity contribution in [1.29, 1.82) is 0 Å². The van der Waals surface area contributed by atoms with Gasteiger partial charge in [-0.05, 0) is 29.7 Å². The van der Waals surface area contributed by atoms with Crippen LogP contribution in [0.15, 0.2) is 59.8 Å². The van der Waals surface area contributed by atoms with Gasteiger partial charge in [0.25, 0.3) is 0 Å². The first-order chi connectivity index (χ1) is 14.1. The van der Waals surface area contributed by atoms with Gasteiger partial charge in [-0.3, -0.25) is 4.79 Å². The van der Waals surface area contributed by atoms with Crippen LogP contribution in [-0.2, 0) is 24.0 Å². The quantitative estimate of drug-likeness (QED) is 0.542. The summed E-state index contributed by atoms with van der Waals surface area (Å²) in [5, 5.41) is 12.7. The number of benzene rings is 2. The predicted octanol–water partition coefficient (Wildman–Crippen LogP) is 3.93. The first kappa shape index (κ1) is 20.9. The lowest BCUT2D eigenvalue weighted by Gasteiger charge is -2.18. The van der Waals surface area contributed by atoms with Gasteiger partial charge in [0.2, 0.25) is 5.91 Å². The molecule has 1 aromatic heterocycles. The second-order valence-corrected chi connectivity index (χ2v) is 7.64. The summed E-state index contributed by atoms with van der Waals surface area (Å²) in [6, 6.07) is 17.9. The summed E-state index contributed by atoms with van der Waals surface area (Å²) in [7, 11) is 3.61. The number of nitrogens with one attached hydrogen (secondary N) is 1. The molecule has 0 aliphatic carbocycles. The van der Waals surface area contributed by atoms with Crippen LogP contribution < -0.4 is 10.1 Å². The number of hydrogen-bond acceptors (Lipinski definition) is 5. The molecule has 152 valence electrons. The van der Waals surface area contributed by atoms with E-state index in [9.17, 15) is 4.79 Å². The zero-order valence-corrected chi connectivity index (χ0v) is 17.8. The van der Waals surface area contributed by atoms with E-state index in [4.69, 9.17) is 4.74 Å². The largest absolute Gasteiger partial charge is 0.497 e. The molecule has 0 fully saturated rings. The number of nitrogens with zero attached hydrogens (tertiary/aromatic N) is 3. The Kier molecular flexibility index (Phi) is 7.30. The van der Waals surface area contributed by atoms with Crippen molar-refractivity contribution in [3.63, 3.8) is 0 Å². The van der Waals surface area contributed by atoms with Crippen LogP contribution in [0.3, 0.4) is 0 Å². The topological polar surface area (TPSA) is 69.0 Å². The third-order valence-electron chi connectivity index (χ3n) is 4.65. The maximum Gasteiger partial charge on any atom is 0.220 e. The first-order valence-electron chi connectivity index (χ1n) is 9.59. The Labute approximate surface area is 175 Å². The average molecular weight is 411 g/mol. The Morgan fingerprint density at radius 1 is 1.10 bits per heavy atom. The van der Waals surface area contributed by atoms with Gasteiger partial charge in [0.1, 0.15) is 5.75 Å². The number of thioether (sulfide) groups is 1. The smallest absolute Gasteiger partial charge is 0.220 e. The minimum atomic E-state index is -0.224. The van der Waals surface area contributed by atoms with Crippen LogP contribution in [0.2, 0.25) is 0 Å². The summed E-state index contributed by atoms with van der Waals surface area (Å²) in [5.41, 5.74) is 2.32. The van der Waals surface area contributed by atoms with Crippen molar-refractivity contribution in [2.75, 3.05) is 7.11 Å². The van der Waals surface area contributed by atoms with Crippen LogP contribution in [0.4, 0.5) is 0 Å². The number of hydrogen-bond donors (Lipinski definition) is 1. The maximum absolute atomic E-state index is 12.1. The summed E-state index contributed by atoms with van der Waals surface area (Å²) >= 11 is 1.62. The van der Waals surface area contributed by atoms with Gasteiger partial charge in [-0.25, -0.2) is 0 Å². The van der Waals surface area contributed by atoms with Crippen LogP contribution in [-0.4, -0.2) is 27.8 Å². The molecule has 0 saturated heterocycles. The van der Waals surface area contributed by atoms with Gasteiger partial charge in [0.15, 0.2) is 11.0 Å². The number of methoxy groups -OCH3 is 1. The SMILES string of the molecule is CCC(=O)NC(Cc1ccccc1)c1nnc(SCc2ccc(OC)cc2)n1C. The number of rotatable bonds is 9. The van der Waals surface area contributed by atoms with E-state index in [0.29, 0.717) is 12.8 Å². The van der Waals surface area contributed by atoms with Crippen molar-refractivity contribution in [3.05, 3.63) is 71.5 Å². The van der Waals surface area contributed by atoms with E-state index in [0.717, 1.165) is 28.0 Å². The molecule has 7 heteroatoms. The van der Waals surface area contributed by atoms with Crippen molar-refractivity contribution >= 4 is 17.7 Å². The highest BCUT2D eigenvalue weighted by Gasteiger charge is 2.21. The molecule has 1 atom stereocenters. The zero-order chi connectivity index (χ0) is 20.6. The average Bonchev–Trinajstić information content (AvgIpc) is 3.13. The first-order valence-corrected chi connectivity index (χ1v) is 10.6. The van der Waals surface area contributed by atoms with Crippen molar-refractivity contribution in [2.24, 2.45) is 7.05 Å². The Morgan fingerprint density at radius 3 is 2.48 bits per heavy atom. The second-order valence-electron chi connectivity index (χ2n) is 6.70. The van der Waals surface area contributed by atoms with Crippen LogP contribution in [0.1, 0.15) is 36.3 Å². The minimum Gasteiger partial charge on any atom is -0.497 e. The van der Waals surface area contributed by atoms with E-state index >= 15 is 0 Å². The van der Waals surface area contributed by atoms with Crippen molar-refractivity contribution in [2.45, 2.75) is 36.7 Å². The van der Waals surface area contributed by atoms with Crippen molar-refractivity contribution < 1.29 is 9.53 Å². The van der Waals surface area contributed by atoms with E-state index < -0.39 is 0 Å². The summed E-state index contributed by atoms with van der Waals surface area (Å²) in [4.78, 5) is 12.1. The van der Waals surface area contributed by atoms with Gasteiger partial charge >= 0.3 is 0 Å². The fraction of sp³-hybridized carbons (Fsp3) is 0.318. The molecule has 6 nitrogen and oxygen atoms in total. The third-order valence-corrected chi connectivity index (χ3v) is 5.74. The molecule has 1 unspecified atom stereocenters. The van der Waals surface area contributed by atoms with E-state index in [1.54, 1.807) is 18.9 Å². The molecule has 0 bridgehead atoms. The van der Waals surface area contributed by atoms with Gasteiger partial charge in [0.05, 0.1) is 13.2 Å². The highest BCUT2D eigenvalue weighted by molar-refractivity contribution is 7.98. The maximum atomic E-state index is 12.1. The monoisotopic (exact) mass is 410 g/mol. The van der Waals surface area contributed by atoms with E-state index in [1.165, 1.54) is 5.56 Å². The van der Waals surface area contributed by atoms with Gasteiger partial charge in [-0.2, -0.15) is 0 Å². The Hall–Kier alpha value is -2.80. The molecule has 1 heterocycles. The molecular formula is C22H26N4O2S. The fourth-order valence-electron chi connectivity index (χ4n) is 2.98. The molecule has 1 N–H and O–H groups in total. The number of aromatic nitrogens is 3. The van der Waals surface area contributed by atoms with Gasteiger partial charge in [-0.1, -0.05) is 61.2 Å². The molecule has 0 saturated carbocycles. The summed E-state index contributed by atoms with van der Waals surface area (Å²) < 4.78 is 7.17. The lowest BCUT2D eigenvalue weighted by atomic mass is 10.1. The van der Waals surface area contributed by atoms with E-state index in [1.807, 2.05) is 61.0 Å². The van der Waals surface area contributed by atoms with Gasteiger partial charge < -0.3 is 14.6 Å². The Bertz CT molecular complexity index is 926. The highest BCUT2D eigenvalue weighted by atomic mass is 32.2. The van der Waals surface area contributed by atoms with E-state index in [2.05, 4.69) is 27.6 Å². The standard InChI is InChI=1S/C22H26N4O2S/c1-4-20(27)23-19(14-16-8-6-5-7-9-16)21-24-25-22(26(21)2)29-15-17-10-12-18(28-3)13-11-17/h5-13,19H,4,14-15H2,1-3H3,(H,23,27). The molecule has 0 aliphatic rings. The van der Waals surface area contributed by atoms with Crippen molar-refractivity contribution in [3.8, 4) is 5.75 Å². The van der Waals surface area contributed by atoms with Crippen LogP contribution in [0.25, 0.3) is 0 Å². The lowest BCUT2D eigenvalue weighted by Crippen LogP contribution is -2.31. The molecule has 3 aromatic rings. The highest BCUT2D eigenvalue weighted by Crippen LogP contribution is 2.25. The molecule has 2 aromatic carbocycles. The molecule has 0 spiro atoms. The molecule has 3 rings (SSSR count). The number of ether oxygens (including phenoxy) is 1. The van der Waals surface area contributed by atoms with E-state index in [-0.39, 0.29) is 11.9 Å². The summed E-state index contributed by atoms with van der Waals surface area (Å²) in [6.07, 6.45) is 1.10. The molecule has 1 amide bonds. The third kappa shape index (κ3) is 5.60. The summed E-state index contributed by atoms with van der Waals surface area (Å²) in [6.45, 7) is 1.85. The van der Waals surface area contributed by atoms with Crippen LogP contribution >= 0.6 is 11.8 Å². The summed E-state index contributed by atoms with van der Waals surface area (Å²) in [5.74, 6) is 2.38. The Morgan fingerprint density at radius 2 is 1.83 bits per heavy atom. The number of carbonyl (C=O) groups is 1. The molecule has 29 heavy (non-hydrogen) atoms. The second kappa shape index (κ2) is 10.1. The fourth-order valence-corrected chi connectivity index (χ4v) is 3.85. The van der Waals surface area contributed by atoms with Crippen LogP contribution in [0, 0.1) is 0 Å². The normalized spacial score (nSPS) is 11.8. The Balaban J connectivity index is 1.74. The zero-order valence-electron chi connectivity index (χ0n) is 17.0. The number of carbonyl (C=O) groups excluding carboxylic acids is 1.